The number of amides is 1. The third-order valence-corrected chi connectivity index (χ3v) is 6.50. The third kappa shape index (κ3) is 6.78. The molecule has 2 aliphatic heterocycles. The highest BCUT2D eigenvalue weighted by molar-refractivity contribution is 5.97. The number of hydrogen-bond donors (Lipinski definition) is 1. The number of nitrogens with zero attached hydrogens (tertiary/aromatic N) is 3. The monoisotopic (exact) mass is 428 g/mol. The summed E-state index contributed by atoms with van der Waals surface area (Å²) in [5.41, 5.74) is 1.67. The molecule has 31 heavy (non-hydrogen) atoms. The van der Waals surface area contributed by atoms with Crippen molar-refractivity contribution in [3.8, 4) is 5.75 Å². The molecule has 2 aliphatic rings. The highest BCUT2D eigenvalue weighted by Gasteiger charge is 2.32. The molecule has 1 aromatic rings. The second kappa shape index (κ2) is 11.6. The van der Waals surface area contributed by atoms with Gasteiger partial charge in [0.1, 0.15) is 5.75 Å². The molecule has 0 bridgehead atoms. The molecule has 6 heteroatoms. The minimum atomic E-state index is 0.120. The molecule has 0 aromatic heterocycles. The van der Waals surface area contributed by atoms with E-state index in [1.165, 1.54) is 0 Å². The lowest BCUT2D eigenvalue weighted by Gasteiger charge is -2.36. The van der Waals surface area contributed by atoms with Crippen molar-refractivity contribution in [3.05, 3.63) is 24.3 Å². The van der Waals surface area contributed by atoms with Crippen LogP contribution in [-0.2, 0) is 4.79 Å². The lowest BCUT2D eigenvalue weighted by Crippen LogP contribution is -2.49. The van der Waals surface area contributed by atoms with Crippen LogP contribution in [0.2, 0.25) is 0 Å². The van der Waals surface area contributed by atoms with E-state index >= 15 is 0 Å². The number of carbonyl (C=O) groups excluding carboxylic acids is 1. The van der Waals surface area contributed by atoms with Crippen molar-refractivity contribution >= 4 is 17.3 Å². The van der Waals surface area contributed by atoms with Gasteiger partial charge in [-0.2, -0.15) is 0 Å². The first-order valence-electron chi connectivity index (χ1n) is 12.1. The molecule has 2 heterocycles. The molecule has 1 amide bonds. The van der Waals surface area contributed by atoms with Gasteiger partial charge in [-0.3, -0.25) is 9.69 Å². The van der Waals surface area contributed by atoms with Gasteiger partial charge < -0.3 is 19.9 Å². The van der Waals surface area contributed by atoms with Crippen LogP contribution < -0.4 is 9.64 Å². The molecule has 3 rings (SSSR count). The number of hydrogen-bond acceptors (Lipinski definition) is 5. The van der Waals surface area contributed by atoms with Crippen molar-refractivity contribution in [1.29, 1.82) is 5.41 Å². The Labute approximate surface area is 188 Å². The summed E-state index contributed by atoms with van der Waals surface area (Å²) in [5.74, 6) is 1.02. The van der Waals surface area contributed by atoms with Gasteiger partial charge >= 0.3 is 0 Å². The summed E-state index contributed by atoms with van der Waals surface area (Å²) in [6, 6.07) is 8.67. The number of nitrogens with one attached hydrogen (secondary N) is 1. The molecule has 1 unspecified atom stereocenters. The Kier molecular flexibility index (Phi) is 8.90. The second-order valence-electron chi connectivity index (χ2n) is 9.18. The number of carbonyl (C=O) groups is 1. The summed E-state index contributed by atoms with van der Waals surface area (Å²) in [6.07, 6.45) is 4.93. The van der Waals surface area contributed by atoms with Crippen LogP contribution in [-0.4, -0.2) is 72.8 Å². The molecule has 6 nitrogen and oxygen atoms in total. The first-order chi connectivity index (χ1) is 15.0. The number of piperazine rings is 1. The van der Waals surface area contributed by atoms with E-state index in [0.29, 0.717) is 25.5 Å². The predicted octanol–water partition coefficient (Wildman–Crippen LogP) is 4.19. The molecule has 1 N–H and O–H groups in total. The SMILES string of the molecule is CCCC(=N)CC1CCC(=O)N1c1ccc(OCCCN2CCN(C(C)C)CC2)cc1. The largest absolute Gasteiger partial charge is 0.494 e. The zero-order chi connectivity index (χ0) is 22.2. The highest BCUT2D eigenvalue weighted by Crippen LogP contribution is 2.30. The van der Waals surface area contributed by atoms with Crippen LogP contribution in [0, 0.1) is 5.41 Å². The molecule has 2 saturated heterocycles. The fourth-order valence-electron chi connectivity index (χ4n) is 4.66. The first-order valence-corrected chi connectivity index (χ1v) is 12.1. The van der Waals surface area contributed by atoms with Gasteiger partial charge in [0, 0.05) is 69.0 Å². The molecule has 0 saturated carbocycles. The standard InChI is InChI=1S/C25H40N4O2/c1-4-6-21(26)19-23-9-12-25(30)29(23)22-7-10-24(11-8-22)31-18-5-13-27-14-16-28(17-15-27)20(2)3/h7-8,10-11,20,23,26H,4-6,9,12-19H2,1-3H3. The van der Waals surface area contributed by atoms with Crippen molar-refractivity contribution in [2.75, 3.05) is 44.2 Å². The molecule has 0 radical (unpaired) electrons. The zero-order valence-electron chi connectivity index (χ0n) is 19.6. The van der Waals surface area contributed by atoms with E-state index < -0.39 is 0 Å². The molecule has 1 atom stereocenters. The average Bonchev–Trinajstić information content (AvgIpc) is 3.12. The summed E-state index contributed by atoms with van der Waals surface area (Å²) in [5, 5.41) is 8.14. The van der Waals surface area contributed by atoms with Crippen molar-refractivity contribution in [3.63, 3.8) is 0 Å². The Bertz CT molecular complexity index is 711. The summed E-state index contributed by atoms with van der Waals surface area (Å²) in [4.78, 5) is 19.4. The smallest absolute Gasteiger partial charge is 0.227 e. The van der Waals surface area contributed by atoms with Crippen molar-refractivity contribution in [1.82, 2.24) is 9.80 Å². The van der Waals surface area contributed by atoms with Gasteiger partial charge in [0.2, 0.25) is 5.91 Å². The molecule has 0 aliphatic carbocycles. The summed E-state index contributed by atoms with van der Waals surface area (Å²) >= 11 is 0. The Balaban J connectivity index is 1.42. The van der Waals surface area contributed by atoms with Crippen LogP contribution in [0.3, 0.4) is 0 Å². The van der Waals surface area contributed by atoms with Gasteiger partial charge in [-0.1, -0.05) is 13.3 Å². The van der Waals surface area contributed by atoms with Crippen LogP contribution in [0.5, 0.6) is 5.75 Å². The Morgan fingerprint density at radius 1 is 1.16 bits per heavy atom. The Morgan fingerprint density at radius 2 is 1.87 bits per heavy atom. The van der Waals surface area contributed by atoms with Gasteiger partial charge in [-0.25, -0.2) is 0 Å². The number of anilines is 1. The van der Waals surface area contributed by atoms with Crippen LogP contribution in [0.1, 0.15) is 59.3 Å². The fraction of sp³-hybridized carbons (Fsp3) is 0.680. The topological polar surface area (TPSA) is 59.9 Å². The maximum absolute atomic E-state index is 12.4. The minimum Gasteiger partial charge on any atom is -0.494 e. The fourth-order valence-corrected chi connectivity index (χ4v) is 4.66. The minimum absolute atomic E-state index is 0.120. The summed E-state index contributed by atoms with van der Waals surface area (Å²) in [7, 11) is 0. The Morgan fingerprint density at radius 3 is 2.52 bits per heavy atom. The molecule has 172 valence electrons. The van der Waals surface area contributed by atoms with Crippen LogP contribution in [0.25, 0.3) is 0 Å². The quantitative estimate of drug-likeness (QED) is 0.424. The normalized spacial score (nSPS) is 20.6. The van der Waals surface area contributed by atoms with E-state index in [1.54, 1.807) is 0 Å². The van der Waals surface area contributed by atoms with E-state index in [2.05, 4.69) is 30.6 Å². The molecule has 2 fully saturated rings. The van der Waals surface area contributed by atoms with Crippen LogP contribution in [0.4, 0.5) is 5.69 Å². The van der Waals surface area contributed by atoms with E-state index in [9.17, 15) is 4.79 Å². The molecule has 1 aromatic carbocycles. The number of rotatable bonds is 11. The third-order valence-electron chi connectivity index (χ3n) is 6.50. The van der Waals surface area contributed by atoms with Crippen LogP contribution >= 0.6 is 0 Å². The summed E-state index contributed by atoms with van der Waals surface area (Å²) in [6.45, 7) is 13.0. The van der Waals surface area contributed by atoms with Gasteiger partial charge in [0.25, 0.3) is 0 Å². The number of ether oxygens (including phenoxy) is 1. The van der Waals surface area contributed by atoms with Gasteiger partial charge in [0.15, 0.2) is 0 Å². The van der Waals surface area contributed by atoms with E-state index in [-0.39, 0.29) is 11.9 Å². The average molecular weight is 429 g/mol. The van der Waals surface area contributed by atoms with Gasteiger partial charge in [0.05, 0.1) is 6.61 Å². The van der Waals surface area contributed by atoms with Crippen molar-refractivity contribution < 1.29 is 9.53 Å². The molecular weight excluding hydrogens is 388 g/mol. The van der Waals surface area contributed by atoms with Gasteiger partial charge in [-0.05, 0) is 57.4 Å². The Hall–Kier alpha value is -1.92. The van der Waals surface area contributed by atoms with Gasteiger partial charge in [-0.15, -0.1) is 0 Å². The lowest BCUT2D eigenvalue weighted by molar-refractivity contribution is -0.117. The highest BCUT2D eigenvalue weighted by atomic mass is 16.5. The zero-order valence-corrected chi connectivity index (χ0v) is 19.6. The van der Waals surface area contributed by atoms with E-state index in [0.717, 1.165) is 75.6 Å². The summed E-state index contributed by atoms with van der Waals surface area (Å²) < 4.78 is 5.95. The second-order valence-corrected chi connectivity index (χ2v) is 9.18. The van der Waals surface area contributed by atoms with E-state index in [1.807, 2.05) is 29.2 Å². The maximum Gasteiger partial charge on any atom is 0.227 e. The first kappa shape index (κ1) is 23.7. The predicted molar refractivity (Wildman–Crippen MR) is 127 cm³/mol. The van der Waals surface area contributed by atoms with Crippen molar-refractivity contribution in [2.24, 2.45) is 0 Å². The molecular formula is C25H40N4O2. The van der Waals surface area contributed by atoms with Crippen molar-refractivity contribution in [2.45, 2.75) is 71.4 Å². The lowest BCUT2D eigenvalue weighted by atomic mass is 10.0. The molecule has 0 spiro atoms. The van der Waals surface area contributed by atoms with Crippen LogP contribution in [0.15, 0.2) is 24.3 Å². The maximum atomic E-state index is 12.4. The van der Waals surface area contributed by atoms with E-state index in [4.69, 9.17) is 10.1 Å². The number of benzene rings is 1.